The summed E-state index contributed by atoms with van der Waals surface area (Å²) in [5, 5.41) is 11.5. The van der Waals surface area contributed by atoms with Crippen molar-refractivity contribution in [1.82, 2.24) is 5.32 Å². The van der Waals surface area contributed by atoms with Crippen LogP contribution in [0, 0.1) is 11.3 Å². The van der Waals surface area contributed by atoms with Crippen LogP contribution in [0.1, 0.15) is 34.1 Å². The van der Waals surface area contributed by atoms with Gasteiger partial charge in [0.25, 0.3) is 0 Å². The molecule has 1 amide bonds. The molecule has 0 rings (SSSR count). The molecule has 0 radical (unpaired) electrons. The summed E-state index contributed by atoms with van der Waals surface area (Å²) >= 11 is 0. The summed E-state index contributed by atoms with van der Waals surface area (Å²) < 4.78 is 4.82. The smallest absolute Gasteiger partial charge is 0.326 e. The average Bonchev–Trinajstić information content (AvgIpc) is 2.20. The highest BCUT2D eigenvalue weighted by molar-refractivity contribution is 5.85. The summed E-state index contributed by atoms with van der Waals surface area (Å²) in [6, 6.07) is -0.882. The maximum Gasteiger partial charge on any atom is 0.326 e. The largest absolute Gasteiger partial charge is 0.480 e. The van der Waals surface area contributed by atoms with Gasteiger partial charge in [-0.2, -0.15) is 0 Å². The predicted octanol–water partition coefficient (Wildman–Crippen LogP) is 1.27. The van der Waals surface area contributed by atoms with Gasteiger partial charge in [0.1, 0.15) is 6.04 Å². The van der Waals surface area contributed by atoms with Gasteiger partial charge in [-0.15, -0.1) is 0 Å². The first kappa shape index (κ1) is 15.9. The maximum atomic E-state index is 11.9. The number of nitrogens with one attached hydrogen (secondary N) is 1. The number of carboxylic acid groups (broad SMARTS) is 1. The Balaban J connectivity index is 4.45. The Bertz CT molecular complexity index is 270. The van der Waals surface area contributed by atoms with Crippen molar-refractivity contribution in [2.24, 2.45) is 11.3 Å². The van der Waals surface area contributed by atoms with E-state index in [-0.39, 0.29) is 23.7 Å². The Morgan fingerprint density at radius 1 is 1.35 bits per heavy atom. The van der Waals surface area contributed by atoms with Crippen LogP contribution in [0.25, 0.3) is 0 Å². The van der Waals surface area contributed by atoms with Gasteiger partial charge in [0, 0.05) is 26.1 Å². The van der Waals surface area contributed by atoms with Gasteiger partial charge in [0.05, 0.1) is 0 Å². The molecule has 17 heavy (non-hydrogen) atoms. The monoisotopic (exact) mass is 245 g/mol. The fourth-order valence-electron chi connectivity index (χ4n) is 1.18. The molecule has 100 valence electrons. The molecule has 0 aliphatic rings. The van der Waals surface area contributed by atoms with E-state index < -0.39 is 12.0 Å². The van der Waals surface area contributed by atoms with Crippen molar-refractivity contribution < 1.29 is 19.4 Å². The molecule has 0 fully saturated rings. The number of carbonyl (C=O) groups excluding carboxylic acids is 1. The minimum absolute atomic E-state index is 0.186. The summed E-state index contributed by atoms with van der Waals surface area (Å²) in [7, 11) is 1.50. The molecule has 0 aromatic rings. The van der Waals surface area contributed by atoms with Crippen molar-refractivity contribution in [3.8, 4) is 0 Å². The molecule has 0 aliphatic heterocycles. The molecule has 0 saturated carbocycles. The van der Waals surface area contributed by atoms with Crippen LogP contribution < -0.4 is 5.32 Å². The number of methoxy groups -OCH3 is 1. The molecule has 5 nitrogen and oxygen atoms in total. The number of carbonyl (C=O) groups is 2. The normalized spacial score (nSPS) is 15.1. The first-order valence-electron chi connectivity index (χ1n) is 5.72. The highest BCUT2D eigenvalue weighted by Crippen LogP contribution is 2.25. The van der Waals surface area contributed by atoms with E-state index in [1.807, 2.05) is 20.8 Å². The molecule has 0 aromatic carbocycles. The first-order valence-corrected chi connectivity index (χ1v) is 5.72. The van der Waals surface area contributed by atoms with Crippen LogP contribution in [-0.4, -0.2) is 36.7 Å². The number of rotatable bonds is 6. The summed E-state index contributed by atoms with van der Waals surface area (Å²) in [4.78, 5) is 22.8. The van der Waals surface area contributed by atoms with Gasteiger partial charge in [-0.3, -0.25) is 4.79 Å². The molecule has 0 heterocycles. The minimum Gasteiger partial charge on any atom is -0.480 e. The predicted molar refractivity (Wildman–Crippen MR) is 64.7 cm³/mol. The standard InChI is InChI=1S/C12H23NO4/c1-8(12(2,3)4)10(14)13-9(11(15)16)6-7-17-5/h8-9H,6-7H2,1-5H3,(H,13,14)(H,15,16). The van der Waals surface area contributed by atoms with Gasteiger partial charge in [0.15, 0.2) is 0 Å². The fraction of sp³-hybridized carbons (Fsp3) is 0.833. The lowest BCUT2D eigenvalue weighted by Crippen LogP contribution is -2.46. The number of hydrogen-bond donors (Lipinski definition) is 2. The number of hydrogen-bond acceptors (Lipinski definition) is 3. The van der Waals surface area contributed by atoms with E-state index in [0.29, 0.717) is 6.61 Å². The van der Waals surface area contributed by atoms with E-state index >= 15 is 0 Å². The highest BCUT2D eigenvalue weighted by Gasteiger charge is 2.29. The van der Waals surface area contributed by atoms with E-state index in [2.05, 4.69) is 5.32 Å². The second-order valence-electron chi connectivity index (χ2n) is 5.27. The molecule has 0 aliphatic carbocycles. The van der Waals surface area contributed by atoms with Gasteiger partial charge in [0.2, 0.25) is 5.91 Å². The van der Waals surface area contributed by atoms with Crippen molar-refractivity contribution in [3.05, 3.63) is 0 Å². The number of carboxylic acids is 1. The molecule has 0 bridgehead atoms. The average molecular weight is 245 g/mol. The first-order chi connectivity index (χ1) is 7.70. The Hall–Kier alpha value is -1.10. The Kier molecular flexibility index (Phi) is 6.16. The molecule has 2 unspecified atom stereocenters. The molecular formula is C12H23NO4. The second-order valence-corrected chi connectivity index (χ2v) is 5.27. The van der Waals surface area contributed by atoms with E-state index in [1.165, 1.54) is 7.11 Å². The molecule has 0 spiro atoms. The second kappa shape index (κ2) is 6.59. The van der Waals surface area contributed by atoms with Crippen LogP contribution in [0.4, 0.5) is 0 Å². The van der Waals surface area contributed by atoms with Crippen molar-refractivity contribution in [2.45, 2.75) is 40.2 Å². The topological polar surface area (TPSA) is 75.6 Å². The lowest BCUT2D eigenvalue weighted by Gasteiger charge is -2.27. The zero-order chi connectivity index (χ0) is 13.6. The van der Waals surface area contributed by atoms with Gasteiger partial charge in [-0.05, 0) is 5.41 Å². The number of aliphatic carboxylic acids is 1. The van der Waals surface area contributed by atoms with Crippen LogP contribution in [0.2, 0.25) is 0 Å². The molecular weight excluding hydrogens is 222 g/mol. The van der Waals surface area contributed by atoms with E-state index in [4.69, 9.17) is 9.84 Å². The zero-order valence-corrected chi connectivity index (χ0v) is 11.2. The van der Waals surface area contributed by atoms with Crippen molar-refractivity contribution in [3.63, 3.8) is 0 Å². The molecule has 0 aromatic heterocycles. The van der Waals surface area contributed by atoms with Gasteiger partial charge in [-0.1, -0.05) is 27.7 Å². The van der Waals surface area contributed by atoms with Crippen molar-refractivity contribution >= 4 is 11.9 Å². The summed E-state index contributed by atoms with van der Waals surface area (Å²) in [6.45, 7) is 7.94. The van der Waals surface area contributed by atoms with E-state index in [9.17, 15) is 9.59 Å². The summed E-state index contributed by atoms with van der Waals surface area (Å²) in [5.41, 5.74) is -0.186. The van der Waals surface area contributed by atoms with Crippen LogP contribution >= 0.6 is 0 Å². The van der Waals surface area contributed by atoms with Crippen molar-refractivity contribution in [1.29, 1.82) is 0 Å². The summed E-state index contributed by atoms with van der Waals surface area (Å²) in [6.07, 6.45) is 0.272. The Labute approximate surface area is 103 Å². The maximum absolute atomic E-state index is 11.9. The van der Waals surface area contributed by atoms with Crippen LogP contribution in [-0.2, 0) is 14.3 Å². The Morgan fingerprint density at radius 3 is 2.24 bits per heavy atom. The van der Waals surface area contributed by atoms with Gasteiger partial charge >= 0.3 is 5.97 Å². The number of ether oxygens (including phenoxy) is 1. The van der Waals surface area contributed by atoms with Crippen LogP contribution in [0.15, 0.2) is 0 Å². The lowest BCUT2D eigenvalue weighted by atomic mass is 9.81. The van der Waals surface area contributed by atoms with E-state index in [1.54, 1.807) is 6.92 Å². The van der Waals surface area contributed by atoms with Crippen LogP contribution in [0.5, 0.6) is 0 Å². The molecule has 2 N–H and O–H groups in total. The van der Waals surface area contributed by atoms with Crippen molar-refractivity contribution in [2.75, 3.05) is 13.7 Å². The third kappa shape index (κ3) is 5.68. The zero-order valence-electron chi connectivity index (χ0n) is 11.2. The minimum atomic E-state index is -1.03. The molecule has 2 atom stereocenters. The molecule has 5 heteroatoms. The third-order valence-corrected chi connectivity index (χ3v) is 2.92. The summed E-state index contributed by atoms with van der Waals surface area (Å²) in [5.74, 6) is -1.51. The number of amides is 1. The van der Waals surface area contributed by atoms with Gasteiger partial charge < -0.3 is 15.2 Å². The van der Waals surface area contributed by atoms with Crippen LogP contribution in [0.3, 0.4) is 0 Å². The van der Waals surface area contributed by atoms with Gasteiger partial charge in [-0.25, -0.2) is 4.79 Å². The lowest BCUT2D eigenvalue weighted by molar-refractivity contribution is -0.143. The highest BCUT2D eigenvalue weighted by atomic mass is 16.5. The Morgan fingerprint density at radius 2 is 1.88 bits per heavy atom. The SMILES string of the molecule is COCCC(NC(=O)C(C)C(C)(C)C)C(=O)O. The third-order valence-electron chi connectivity index (χ3n) is 2.92. The fourth-order valence-corrected chi connectivity index (χ4v) is 1.18. The van der Waals surface area contributed by atoms with E-state index in [0.717, 1.165) is 0 Å². The quantitative estimate of drug-likeness (QED) is 0.739. The molecule has 0 saturated heterocycles.